The van der Waals surface area contributed by atoms with Gasteiger partial charge in [0, 0.05) is 17.5 Å². The van der Waals surface area contributed by atoms with Crippen LogP contribution >= 0.6 is 0 Å². The Morgan fingerprint density at radius 2 is 1.96 bits per heavy atom. The number of hydrogen-bond acceptors (Lipinski definition) is 3. The van der Waals surface area contributed by atoms with E-state index in [2.05, 4.69) is 5.32 Å². The number of fused-ring (bicyclic) bond motifs is 1. The third kappa shape index (κ3) is 3.13. The molecule has 0 aliphatic heterocycles. The summed E-state index contributed by atoms with van der Waals surface area (Å²) >= 11 is 0. The molecule has 0 atom stereocenters. The summed E-state index contributed by atoms with van der Waals surface area (Å²) in [4.78, 5) is 12.5. The molecule has 0 fully saturated rings. The highest BCUT2D eigenvalue weighted by Crippen LogP contribution is 2.29. The molecular weight excluding hydrogens is 302 g/mol. The predicted octanol–water partition coefficient (Wildman–Crippen LogP) is 4.38. The zero-order chi connectivity index (χ0) is 17.1. The molecule has 0 bridgehead atoms. The second kappa shape index (κ2) is 6.79. The quantitative estimate of drug-likeness (QED) is 0.758. The summed E-state index contributed by atoms with van der Waals surface area (Å²) in [6.45, 7) is 6.95. The normalized spacial score (nSPS) is 10.8. The number of ether oxygens (including phenoxy) is 1. The van der Waals surface area contributed by atoms with Gasteiger partial charge in [-0.1, -0.05) is 24.3 Å². The fourth-order valence-corrected chi connectivity index (χ4v) is 2.74. The lowest BCUT2D eigenvalue weighted by molar-refractivity contribution is 0.0924. The summed E-state index contributed by atoms with van der Waals surface area (Å²) in [5.74, 6) is 0.929. The van der Waals surface area contributed by atoms with E-state index in [1.54, 1.807) is 0 Å². The van der Waals surface area contributed by atoms with Crippen LogP contribution in [0.1, 0.15) is 34.2 Å². The van der Waals surface area contributed by atoms with Crippen molar-refractivity contribution in [3.05, 3.63) is 64.9 Å². The van der Waals surface area contributed by atoms with Gasteiger partial charge < -0.3 is 14.5 Å². The minimum Gasteiger partial charge on any atom is -0.494 e. The number of hydrogen-bond donors (Lipinski definition) is 1. The van der Waals surface area contributed by atoms with Gasteiger partial charge in [-0.3, -0.25) is 4.79 Å². The first-order chi connectivity index (χ1) is 11.6. The molecule has 1 aromatic heterocycles. The van der Waals surface area contributed by atoms with Crippen molar-refractivity contribution in [2.75, 3.05) is 6.61 Å². The van der Waals surface area contributed by atoms with Crippen molar-refractivity contribution in [3.8, 4) is 5.75 Å². The van der Waals surface area contributed by atoms with Crippen LogP contribution in [0.2, 0.25) is 0 Å². The van der Waals surface area contributed by atoms with Crippen LogP contribution in [0.25, 0.3) is 11.0 Å². The van der Waals surface area contributed by atoms with E-state index < -0.39 is 0 Å². The average Bonchev–Trinajstić information content (AvgIpc) is 2.91. The van der Waals surface area contributed by atoms with Crippen molar-refractivity contribution in [1.82, 2.24) is 5.32 Å². The highest BCUT2D eigenvalue weighted by Gasteiger charge is 2.18. The lowest BCUT2D eigenvalue weighted by Crippen LogP contribution is -2.23. The molecule has 0 radical (unpaired) electrons. The molecule has 0 spiro atoms. The standard InChI is InChI=1S/C20H21NO3/c1-4-23-16-9-10-18-17(11-16)14(3)19(24-18)20(22)21-12-15-8-6-5-7-13(15)2/h5-11H,4,12H2,1-3H3,(H,21,22). The van der Waals surface area contributed by atoms with Crippen molar-refractivity contribution in [3.63, 3.8) is 0 Å². The largest absolute Gasteiger partial charge is 0.494 e. The van der Waals surface area contributed by atoms with Crippen LogP contribution in [-0.2, 0) is 6.54 Å². The molecule has 1 amide bonds. The van der Waals surface area contributed by atoms with Crippen LogP contribution in [0.4, 0.5) is 0 Å². The molecule has 0 aliphatic carbocycles. The van der Waals surface area contributed by atoms with Crippen LogP contribution in [0, 0.1) is 13.8 Å². The molecule has 0 saturated carbocycles. The SMILES string of the molecule is CCOc1ccc2oc(C(=O)NCc3ccccc3C)c(C)c2c1. The molecule has 3 rings (SSSR count). The number of nitrogens with one attached hydrogen (secondary N) is 1. The molecule has 124 valence electrons. The van der Waals surface area contributed by atoms with Gasteiger partial charge >= 0.3 is 0 Å². The second-order valence-electron chi connectivity index (χ2n) is 5.76. The summed E-state index contributed by atoms with van der Waals surface area (Å²) in [5, 5.41) is 3.84. The number of rotatable bonds is 5. The van der Waals surface area contributed by atoms with Gasteiger partial charge in [-0.15, -0.1) is 0 Å². The van der Waals surface area contributed by atoms with Gasteiger partial charge in [-0.25, -0.2) is 0 Å². The number of amides is 1. The molecule has 1 heterocycles. The number of carbonyl (C=O) groups excluding carboxylic acids is 1. The van der Waals surface area contributed by atoms with E-state index in [9.17, 15) is 4.79 Å². The van der Waals surface area contributed by atoms with Crippen molar-refractivity contribution in [2.24, 2.45) is 0 Å². The first-order valence-corrected chi connectivity index (χ1v) is 8.08. The Kier molecular flexibility index (Phi) is 4.56. The maximum atomic E-state index is 12.5. The number of carbonyl (C=O) groups is 1. The van der Waals surface area contributed by atoms with Crippen LogP contribution in [0.15, 0.2) is 46.9 Å². The lowest BCUT2D eigenvalue weighted by atomic mass is 10.1. The second-order valence-corrected chi connectivity index (χ2v) is 5.76. The lowest BCUT2D eigenvalue weighted by Gasteiger charge is -2.06. The summed E-state index contributed by atoms with van der Waals surface area (Å²) in [6, 6.07) is 13.6. The van der Waals surface area contributed by atoms with E-state index in [0.29, 0.717) is 24.5 Å². The van der Waals surface area contributed by atoms with Gasteiger partial charge in [0.2, 0.25) is 0 Å². The fourth-order valence-electron chi connectivity index (χ4n) is 2.74. The summed E-state index contributed by atoms with van der Waals surface area (Å²) < 4.78 is 11.3. The number of aryl methyl sites for hydroxylation is 2. The molecular formula is C20H21NO3. The van der Waals surface area contributed by atoms with E-state index in [0.717, 1.165) is 27.8 Å². The molecule has 0 saturated heterocycles. The Hall–Kier alpha value is -2.75. The third-order valence-corrected chi connectivity index (χ3v) is 4.13. The number of furan rings is 1. The van der Waals surface area contributed by atoms with Crippen molar-refractivity contribution in [2.45, 2.75) is 27.3 Å². The van der Waals surface area contributed by atoms with E-state index in [1.165, 1.54) is 0 Å². The Bertz CT molecular complexity index is 880. The molecule has 0 unspecified atom stereocenters. The van der Waals surface area contributed by atoms with Crippen LogP contribution in [0.3, 0.4) is 0 Å². The fraction of sp³-hybridized carbons (Fsp3) is 0.250. The number of benzene rings is 2. The van der Waals surface area contributed by atoms with E-state index in [1.807, 2.05) is 63.2 Å². The molecule has 2 aromatic carbocycles. The average molecular weight is 323 g/mol. The monoisotopic (exact) mass is 323 g/mol. The molecule has 24 heavy (non-hydrogen) atoms. The highest BCUT2D eigenvalue weighted by atomic mass is 16.5. The van der Waals surface area contributed by atoms with Gasteiger partial charge in [-0.2, -0.15) is 0 Å². The van der Waals surface area contributed by atoms with Crippen LogP contribution < -0.4 is 10.1 Å². The maximum Gasteiger partial charge on any atom is 0.287 e. The summed E-state index contributed by atoms with van der Waals surface area (Å²) in [5.41, 5.74) is 3.77. The van der Waals surface area contributed by atoms with Gasteiger partial charge in [0.15, 0.2) is 5.76 Å². The third-order valence-electron chi connectivity index (χ3n) is 4.13. The predicted molar refractivity (Wildman–Crippen MR) is 94.5 cm³/mol. The van der Waals surface area contributed by atoms with Gasteiger partial charge in [-0.05, 0) is 50.1 Å². The molecule has 4 nitrogen and oxygen atoms in total. The van der Waals surface area contributed by atoms with Crippen LogP contribution in [-0.4, -0.2) is 12.5 Å². The van der Waals surface area contributed by atoms with E-state index in [-0.39, 0.29) is 5.91 Å². The molecule has 0 aliphatic rings. The maximum absolute atomic E-state index is 12.5. The van der Waals surface area contributed by atoms with Crippen molar-refractivity contribution in [1.29, 1.82) is 0 Å². The van der Waals surface area contributed by atoms with Gasteiger partial charge in [0.25, 0.3) is 5.91 Å². The van der Waals surface area contributed by atoms with E-state index in [4.69, 9.17) is 9.15 Å². The van der Waals surface area contributed by atoms with Gasteiger partial charge in [0.1, 0.15) is 11.3 Å². The van der Waals surface area contributed by atoms with Crippen molar-refractivity contribution >= 4 is 16.9 Å². The molecule has 3 aromatic rings. The summed E-state index contributed by atoms with van der Waals surface area (Å²) in [7, 11) is 0. The minimum atomic E-state index is -0.204. The first-order valence-electron chi connectivity index (χ1n) is 8.08. The Morgan fingerprint density at radius 1 is 1.17 bits per heavy atom. The topological polar surface area (TPSA) is 51.5 Å². The summed E-state index contributed by atoms with van der Waals surface area (Å²) in [6.07, 6.45) is 0. The zero-order valence-corrected chi connectivity index (χ0v) is 14.2. The van der Waals surface area contributed by atoms with Crippen molar-refractivity contribution < 1.29 is 13.9 Å². The van der Waals surface area contributed by atoms with E-state index >= 15 is 0 Å². The molecule has 1 N–H and O–H groups in total. The molecule has 4 heteroatoms. The zero-order valence-electron chi connectivity index (χ0n) is 14.2. The Labute approximate surface area is 141 Å². The minimum absolute atomic E-state index is 0.204. The van der Waals surface area contributed by atoms with Gasteiger partial charge in [0.05, 0.1) is 6.61 Å². The first kappa shape index (κ1) is 16.1. The Balaban J connectivity index is 1.82. The Morgan fingerprint density at radius 3 is 2.71 bits per heavy atom. The smallest absolute Gasteiger partial charge is 0.287 e. The van der Waals surface area contributed by atoms with Crippen LogP contribution in [0.5, 0.6) is 5.75 Å². The highest BCUT2D eigenvalue weighted by molar-refractivity contribution is 5.99.